The van der Waals surface area contributed by atoms with E-state index in [0.29, 0.717) is 0 Å². The molecule has 0 aromatic rings. The van der Waals surface area contributed by atoms with E-state index in [2.05, 4.69) is 10.2 Å². The van der Waals surface area contributed by atoms with Crippen molar-refractivity contribution in [3.8, 4) is 0 Å². The summed E-state index contributed by atoms with van der Waals surface area (Å²) in [6.07, 6.45) is 5.67. The van der Waals surface area contributed by atoms with Gasteiger partial charge in [-0.1, -0.05) is 6.42 Å². The van der Waals surface area contributed by atoms with Gasteiger partial charge in [0.1, 0.15) is 0 Å². The Balaban J connectivity index is 1.64. The lowest BCUT2D eigenvalue weighted by Gasteiger charge is -2.36. The Bertz CT molecular complexity index is 525. The number of piperidine rings is 1. The summed E-state index contributed by atoms with van der Waals surface area (Å²) in [5, 5.41) is 3.35. The largest absolute Gasteiger partial charge is 0.341 e. The molecule has 3 atom stereocenters. The molecule has 3 saturated heterocycles. The molecule has 3 aliphatic rings. The summed E-state index contributed by atoms with van der Waals surface area (Å²) in [5.41, 5.74) is 0. The molecule has 3 rings (SSSR count). The highest BCUT2D eigenvalue weighted by molar-refractivity contribution is 7.91. The van der Waals surface area contributed by atoms with Gasteiger partial charge < -0.3 is 10.2 Å². The van der Waals surface area contributed by atoms with E-state index >= 15 is 0 Å². The van der Waals surface area contributed by atoms with Gasteiger partial charge in [0.05, 0.1) is 17.5 Å². The zero-order valence-corrected chi connectivity index (χ0v) is 14.9. The molecule has 3 heterocycles. The lowest BCUT2D eigenvalue weighted by Crippen LogP contribution is -2.56. The summed E-state index contributed by atoms with van der Waals surface area (Å²) in [5.74, 6) is 0.505. The number of hydrogen-bond acceptors (Lipinski definition) is 5. The summed E-state index contributed by atoms with van der Waals surface area (Å²) in [6.45, 7) is 5.51. The van der Waals surface area contributed by atoms with Gasteiger partial charge >= 0.3 is 0 Å². The lowest BCUT2D eigenvalue weighted by atomic mass is 10.0. The number of nitrogens with one attached hydrogen (secondary N) is 1. The highest BCUT2D eigenvalue weighted by Gasteiger charge is 2.42. The lowest BCUT2D eigenvalue weighted by molar-refractivity contribution is -0.132. The van der Waals surface area contributed by atoms with Gasteiger partial charge in [-0.2, -0.15) is 0 Å². The van der Waals surface area contributed by atoms with E-state index in [1.807, 2.05) is 11.8 Å². The molecule has 0 unspecified atom stereocenters. The average Bonchev–Trinajstić information content (AvgIpc) is 3.15. The summed E-state index contributed by atoms with van der Waals surface area (Å²) in [7, 11) is -3.01. The van der Waals surface area contributed by atoms with Gasteiger partial charge in [-0.15, -0.1) is 0 Å². The smallest absolute Gasteiger partial charge is 0.239 e. The van der Waals surface area contributed by atoms with Gasteiger partial charge in [-0.3, -0.25) is 9.69 Å². The molecule has 132 valence electrons. The Kier molecular flexibility index (Phi) is 5.28. The van der Waals surface area contributed by atoms with E-state index < -0.39 is 9.84 Å². The number of hydrogen-bond donors (Lipinski definition) is 1. The molecular formula is C16H29N3O3S. The minimum atomic E-state index is -3.01. The molecule has 6 nitrogen and oxygen atoms in total. The molecule has 3 aliphatic heterocycles. The van der Waals surface area contributed by atoms with Crippen LogP contribution in [0.3, 0.4) is 0 Å². The van der Waals surface area contributed by atoms with Gasteiger partial charge in [0.2, 0.25) is 5.91 Å². The molecule has 0 spiro atoms. The predicted octanol–water partition coefficient (Wildman–Crippen LogP) is 0.238. The Labute approximate surface area is 139 Å². The van der Waals surface area contributed by atoms with Crippen LogP contribution in [0, 0.1) is 0 Å². The van der Waals surface area contributed by atoms with Crippen LogP contribution in [-0.4, -0.2) is 79.9 Å². The zero-order chi connectivity index (χ0) is 16.4. The molecule has 23 heavy (non-hydrogen) atoms. The van der Waals surface area contributed by atoms with Crippen LogP contribution >= 0.6 is 0 Å². The van der Waals surface area contributed by atoms with Crippen LogP contribution in [0.5, 0.6) is 0 Å². The van der Waals surface area contributed by atoms with E-state index in [0.717, 1.165) is 51.9 Å². The summed E-state index contributed by atoms with van der Waals surface area (Å²) in [4.78, 5) is 16.7. The average molecular weight is 343 g/mol. The Hall–Kier alpha value is -0.660. The number of rotatable bonds is 4. The first kappa shape index (κ1) is 17.2. The van der Waals surface area contributed by atoms with Crippen LogP contribution in [0.4, 0.5) is 0 Å². The SMILES string of the molecule is C[C@H](N[C@H]1CS(=O)(=O)C[C@H]1N1CCCCC1)C(=O)N1CCCC1. The number of carbonyl (C=O) groups excluding carboxylic acids is 1. The fraction of sp³-hybridized carbons (Fsp3) is 0.938. The van der Waals surface area contributed by atoms with Crippen LogP contribution in [0.2, 0.25) is 0 Å². The van der Waals surface area contributed by atoms with Crippen molar-refractivity contribution in [2.75, 3.05) is 37.7 Å². The van der Waals surface area contributed by atoms with E-state index in [9.17, 15) is 13.2 Å². The maximum absolute atomic E-state index is 12.5. The first-order chi connectivity index (χ1) is 11.0. The number of likely N-dealkylation sites (tertiary alicyclic amines) is 2. The van der Waals surface area contributed by atoms with Crippen LogP contribution in [0.15, 0.2) is 0 Å². The van der Waals surface area contributed by atoms with Gasteiger partial charge in [-0.25, -0.2) is 8.42 Å². The van der Waals surface area contributed by atoms with Crippen molar-refractivity contribution in [2.24, 2.45) is 0 Å². The molecule has 0 radical (unpaired) electrons. The molecule has 0 aromatic heterocycles. The fourth-order valence-electron chi connectivity index (χ4n) is 4.20. The summed E-state index contributed by atoms with van der Waals surface area (Å²) in [6, 6.07) is -0.410. The first-order valence-electron chi connectivity index (χ1n) is 8.95. The minimum absolute atomic E-state index is 0.0223. The molecule has 0 saturated carbocycles. The van der Waals surface area contributed by atoms with Crippen LogP contribution in [0.25, 0.3) is 0 Å². The maximum Gasteiger partial charge on any atom is 0.239 e. The highest BCUT2D eigenvalue weighted by Crippen LogP contribution is 2.23. The third kappa shape index (κ3) is 4.06. The van der Waals surface area contributed by atoms with E-state index in [4.69, 9.17) is 0 Å². The second kappa shape index (κ2) is 7.07. The molecule has 0 aromatic carbocycles. The summed E-state index contributed by atoms with van der Waals surface area (Å²) < 4.78 is 24.3. The molecular weight excluding hydrogens is 314 g/mol. The standard InChI is InChI=1S/C16H29N3O3S/c1-13(16(20)19-9-5-6-10-19)17-14-11-23(21,22)12-15(14)18-7-3-2-4-8-18/h13-15,17H,2-12H2,1H3/t13-,14-,15+/m0/s1. The second-order valence-electron chi connectivity index (χ2n) is 7.27. The van der Waals surface area contributed by atoms with Crippen molar-refractivity contribution < 1.29 is 13.2 Å². The monoisotopic (exact) mass is 343 g/mol. The predicted molar refractivity (Wildman–Crippen MR) is 90.1 cm³/mol. The van der Waals surface area contributed by atoms with Gasteiger partial charge in [0, 0.05) is 25.2 Å². The Morgan fingerprint density at radius 3 is 2.26 bits per heavy atom. The Morgan fingerprint density at radius 2 is 1.61 bits per heavy atom. The third-order valence-electron chi connectivity index (χ3n) is 5.43. The highest BCUT2D eigenvalue weighted by atomic mass is 32.2. The van der Waals surface area contributed by atoms with Crippen molar-refractivity contribution in [3.63, 3.8) is 0 Å². The molecule has 1 N–H and O–H groups in total. The number of nitrogens with zero attached hydrogens (tertiary/aromatic N) is 2. The van der Waals surface area contributed by atoms with Gasteiger partial charge in [0.25, 0.3) is 0 Å². The van der Waals surface area contributed by atoms with Crippen molar-refractivity contribution in [3.05, 3.63) is 0 Å². The maximum atomic E-state index is 12.5. The van der Waals surface area contributed by atoms with Gasteiger partial charge in [0.15, 0.2) is 9.84 Å². The molecule has 3 fully saturated rings. The molecule has 7 heteroatoms. The molecule has 0 bridgehead atoms. The van der Waals surface area contributed by atoms with Crippen LogP contribution in [0.1, 0.15) is 39.0 Å². The Morgan fingerprint density at radius 1 is 1.00 bits per heavy atom. The number of amides is 1. The number of sulfone groups is 1. The zero-order valence-electron chi connectivity index (χ0n) is 14.0. The van der Waals surface area contributed by atoms with Crippen molar-refractivity contribution >= 4 is 15.7 Å². The molecule has 0 aliphatic carbocycles. The normalized spacial score (nSPS) is 33.0. The van der Waals surface area contributed by atoms with Crippen LogP contribution in [-0.2, 0) is 14.6 Å². The van der Waals surface area contributed by atoms with E-state index in [1.54, 1.807) is 0 Å². The topological polar surface area (TPSA) is 69.7 Å². The number of carbonyl (C=O) groups is 1. The van der Waals surface area contributed by atoms with Crippen molar-refractivity contribution in [1.29, 1.82) is 0 Å². The summed E-state index contributed by atoms with van der Waals surface area (Å²) >= 11 is 0. The van der Waals surface area contributed by atoms with Gasteiger partial charge in [-0.05, 0) is 45.7 Å². The van der Waals surface area contributed by atoms with Crippen molar-refractivity contribution in [2.45, 2.75) is 57.2 Å². The van der Waals surface area contributed by atoms with E-state index in [-0.39, 0.29) is 35.5 Å². The van der Waals surface area contributed by atoms with Crippen LogP contribution < -0.4 is 5.32 Å². The fourth-order valence-corrected chi connectivity index (χ4v) is 6.17. The van der Waals surface area contributed by atoms with E-state index in [1.165, 1.54) is 6.42 Å². The quantitative estimate of drug-likeness (QED) is 0.792. The van der Waals surface area contributed by atoms with Crippen molar-refractivity contribution in [1.82, 2.24) is 15.1 Å². The third-order valence-corrected chi connectivity index (χ3v) is 7.15. The minimum Gasteiger partial charge on any atom is -0.341 e. The second-order valence-corrected chi connectivity index (χ2v) is 9.42. The molecule has 1 amide bonds. The first-order valence-corrected chi connectivity index (χ1v) is 10.8.